The van der Waals surface area contributed by atoms with Crippen molar-refractivity contribution in [1.29, 1.82) is 0 Å². The second kappa shape index (κ2) is 15.9. The number of hydrogen-bond acceptors (Lipinski definition) is 8. The predicted molar refractivity (Wildman–Crippen MR) is 162 cm³/mol. The van der Waals surface area contributed by atoms with Crippen molar-refractivity contribution >= 4 is 40.6 Å². The highest BCUT2D eigenvalue weighted by atomic mass is 16.4. The van der Waals surface area contributed by atoms with Crippen LogP contribution in [0, 0.1) is 0 Å². The largest absolute Gasteiger partial charge is 0.508 e. The molecule has 3 rings (SSSR count). The molecule has 0 saturated heterocycles. The topological polar surface area (TPSA) is 271 Å². The maximum atomic E-state index is 13.6. The highest BCUT2D eigenvalue weighted by Crippen LogP contribution is 2.20. The summed E-state index contributed by atoms with van der Waals surface area (Å²) >= 11 is 0. The maximum Gasteiger partial charge on any atom is 0.326 e. The summed E-state index contributed by atoms with van der Waals surface area (Å²) in [5.74, 6) is -3.73. The van der Waals surface area contributed by atoms with Crippen molar-refractivity contribution in [2.45, 2.75) is 49.9 Å². The molecule has 1 heterocycles. The molecule has 0 aliphatic carbocycles. The van der Waals surface area contributed by atoms with Crippen LogP contribution in [0.4, 0.5) is 0 Å². The minimum Gasteiger partial charge on any atom is -0.508 e. The standard InChI is InChI=1S/C29H38N8O7/c30-20(15-38)25(40)36-23(12-16-7-9-18(39)10-8-16)26(41)37-24(13-17-14-34-21-5-2-1-4-19(17)21)27(42)35-22(28(43)44)6-3-11-33-29(31)32/h1-2,4-5,7-10,14,20,22-24,34,38-39H,3,6,11-13,15,30H2,(H,35,42)(H,36,40)(H,37,41)(H,43,44)(H4,31,32,33). The molecule has 0 radical (unpaired) electrons. The lowest BCUT2D eigenvalue weighted by Crippen LogP contribution is -2.58. The number of phenolic OH excluding ortho intramolecular Hbond substituents is 1. The van der Waals surface area contributed by atoms with Crippen molar-refractivity contribution in [3.8, 4) is 5.75 Å². The van der Waals surface area contributed by atoms with E-state index in [1.165, 1.54) is 12.1 Å². The molecule has 13 N–H and O–H groups in total. The van der Waals surface area contributed by atoms with Crippen LogP contribution in [0.15, 0.2) is 59.7 Å². The van der Waals surface area contributed by atoms with Gasteiger partial charge in [0.05, 0.1) is 6.61 Å². The van der Waals surface area contributed by atoms with Crippen molar-refractivity contribution in [1.82, 2.24) is 20.9 Å². The number of nitrogens with one attached hydrogen (secondary N) is 4. The molecule has 15 nitrogen and oxygen atoms in total. The lowest BCUT2D eigenvalue weighted by Gasteiger charge is -2.25. The molecule has 0 aliphatic rings. The first kappa shape index (κ1) is 33.4. The van der Waals surface area contributed by atoms with E-state index in [2.05, 4.69) is 25.9 Å². The first-order valence-corrected chi connectivity index (χ1v) is 13.9. The summed E-state index contributed by atoms with van der Waals surface area (Å²) in [7, 11) is 0. The number of carbonyl (C=O) groups is 4. The molecular weight excluding hydrogens is 572 g/mol. The van der Waals surface area contributed by atoms with Crippen LogP contribution in [0.25, 0.3) is 10.9 Å². The Morgan fingerprint density at radius 1 is 0.864 bits per heavy atom. The third-order valence-corrected chi connectivity index (χ3v) is 6.83. The number of aromatic hydroxyl groups is 1. The van der Waals surface area contributed by atoms with Gasteiger partial charge in [0.25, 0.3) is 0 Å². The van der Waals surface area contributed by atoms with E-state index in [-0.39, 0.29) is 43.9 Å². The van der Waals surface area contributed by atoms with E-state index in [9.17, 15) is 34.5 Å². The Morgan fingerprint density at radius 2 is 1.48 bits per heavy atom. The van der Waals surface area contributed by atoms with Gasteiger partial charge in [0.2, 0.25) is 17.7 Å². The van der Waals surface area contributed by atoms with Gasteiger partial charge in [-0.25, -0.2) is 4.79 Å². The number of aliphatic imine (C=N–C) groups is 1. The van der Waals surface area contributed by atoms with Crippen LogP contribution in [-0.4, -0.2) is 87.3 Å². The van der Waals surface area contributed by atoms with Crippen molar-refractivity contribution in [2.75, 3.05) is 13.2 Å². The summed E-state index contributed by atoms with van der Waals surface area (Å²) in [6, 6.07) is 8.19. The highest BCUT2D eigenvalue weighted by molar-refractivity contribution is 5.95. The van der Waals surface area contributed by atoms with Gasteiger partial charge in [0.15, 0.2) is 5.96 Å². The number of para-hydroxylation sites is 1. The molecule has 3 amide bonds. The quantitative estimate of drug-likeness (QED) is 0.0513. The second-order valence-corrected chi connectivity index (χ2v) is 10.2. The molecule has 0 saturated carbocycles. The molecule has 0 fully saturated rings. The normalized spacial score (nSPS) is 13.7. The zero-order valence-corrected chi connectivity index (χ0v) is 23.9. The molecular formula is C29H38N8O7. The van der Waals surface area contributed by atoms with Crippen LogP contribution in [0.3, 0.4) is 0 Å². The van der Waals surface area contributed by atoms with E-state index >= 15 is 0 Å². The van der Waals surface area contributed by atoms with Gasteiger partial charge >= 0.3 is 5.97 Å². The number of fused-ring (bicyclic) bond motifs is 1. The fraction of sp³-hybridized carbons (Fsp3) is 0.345. The van der Waals surface area contributed by atoms with Crippen LogP contribution in [0.1, 0.15) is 24.0 Å². The number of H-pyrrole nitrogens is 1. The number of aromatic amines is 1. The van der Waals surface area contributed by atoms with Gasteiger partial charge < -0.3 is 53.5 Å². The van der Waals surface area contributed by atoms with Gasteiger partial charge in [-0.15, -0.1) is 0 Å². The van der Waals surface area contributed by atoms with Crippen molar-refractivity contribution < 1.29 is 34.5 Å². The number of nitrogens with two attached hydrogens (primary N) is 3. The summed E-state index contributed by atoms with van der Waals surface area (Å²) in [5, 5.41) is 37.2. The Balaban J connectivity index is 1.88. The number of phenols is 1. The van der Waals surface area contributed by atoms with Gasteiger partial charge in [-0.2, -0.15) is 0 Å². The van der Waals surface area contributed by atoms with E-state index in [1.54, 1.807) is 18.3 Å². The third kappa shape index (κ3) is 9.71. The van der Waals surface area contributed by atoms with Crippen LogP contribution in [0.5, 0.6) is 5.75 Å². The number of nitrogens with zero attached hydrogens (tertiary/aromatic N) is 1. The van der Waals surface area contributed by atoms with E-state index < -0.39 is 54.5 Å². The molecule has 0 spiro atoms. The number of carbonyl (C=O) groups excluding carboxylic acids is 3. The van der Waals surface area contributed by atoms with Crippen LogP contribution < -0.4 is 33.2 Å². The predicted octanol–water partition coefficient (Wildman–Crippen LogP) is -1.43. The number of rotatable bonds is 16. The van der Waals surface area contributed by atoms with E-state index in [1.807, 2.05) is 24.3 Å². The van der Waals surface area contributed by atoms with E-state index in [0.717, 1.165) is 10.9 Å². The molecule has 4 atom stereocenters. The van der Waals surface area contributed by atoms with Crippen molar-refractivity contribution in [2.24, 2.45) is 22.2 Å². The SMILES string of the molecule is NC(N)=NCCCC(NC(=O)C(Cc1c[nH]c2ccccc12)NC(=O)C(Cc1ccc(O)cc1)NC(=O)C(N)CO)C(=O)O. The zero-order valence-electron chi connectivity index (χ0n) is 23.9. The average molecular weight is 611 g/mol. The number of carboxylic acid groups (broad SMARTS) is 1. The minimum atomic E-state index is -1.30. The maximum absolute atomic E-state index is 13.6. The first-order valence-electron chi connectivity index (χ1n) is 13.9. The molecule has 0 bridgehead atoms. The smallest absolute Gasteiger partial charge is 0.326 e. The monoisotopic (exact) mass is 610 g/mol. The molecule has 4 unspecified atom stereocenters. The summed E-state index contributed by atoms with van der Waals surface area (Å²) in [5.41, 5.74) is 18.3. The third-order valence-electron chi connectivity index (χ3n) is 6.83. The minimum absolute atomic E-state index is 0.00263. The number of aliphatic carboxylic acids is 1. The molecule has 15 heteroatoms. The fourth-order valence-electron chi connectivity index (χ4n) is 4.47. The molecule has 44 heavy (non-hydrogen) atoms. The highest BCUT2D eigenvalue weighted by Gasteiger charge is 2.31. The lowest BCUT2D eigenvalue weighted by atomic mass is 10.0. The Bertz CT molecular complexity index is 1470. The summed E-state index contributed by atoms with van der Waals surface area (Å²) in [4.78, 5) is 58.6. The van der Waals surface area contributed by atoms with Gasteiger partial charge in [0, 0.05) is 36.5 Å². The van der Waals surface area contributed by atoms with Crippen molar-refractivity contribution in [3.05, 3.63) is 65.9 Å². The Kier molecular flexibility index (Phi) is 12.1. The molecule has 3 aromatic rings. The first-order chi connectivity index (χ1) is 21.0. The van der Waals surface area contributed by atoms with Crippen molar-refractivity contribution in [3.63, 3.8) is 0 Å². The lowest BCUT2D eigenvalue weighted by molar-refractivity contribution is -0.142. The zero-order chi connectivity index (χ0) is 32.2. The van der Waals surface area contributed by atoms with Gasteiger partial charge in [0.1, 0.15) is 29.9 Å². The van der Waals surface area contributed by atoms with Crippen LogP contribution >= 0.6 is 0 Å². The molecule has 236 valence electrons. The van der Waals surface area contributed by atoms with Crippen LogP contribution in [0.2, 0.25) is 0 Å². The molecule has 2 aromatic carbocycles. The number of benzene rings is 2. The van der Waals surface area contributed by atoms with Crippen LogP contribution in [-0.2, 0) is 32.0 Å². The number of aromatic nitrogens is 1. The van der Waals surface area contributed by atoms with E-state index in [0.29, 0.717) is 11.1 Å². The Hall–Kier alpha value is -5.15. The second-order valence-electron chi connectivity index (χ2n) is 10.2. The Morgan fingerprint density at radius 3 is 2.11 bits per heavy atom. The van der Waals surface area contributed by atoms with E-state index in [4.69, 9.17) is 17.2 Å². The number of hydrogen-bond donors (Lipinski definition) is 10. The van der Waals surface area contributed by atoms with Gasteiger partial charge in [-0.1, -0.05) is 30.3 Å². The summed E-state index contributed by atoms with van der Waals surface area (Å²) in [6.45, 7) is -0.503. The number of amides is 3. The number of aliphatic hydroxyl groups is 1. The summed E-state index contributed by atoms with van der Waals surface area (Å²) < 4.78 is 0. The number of carboxylic acids is 1. The van der Waals surface area contributed by atoms with Gasteiger partial charge in [-0.05, 0) is 42.2 Å². The Labute approximate surface area is 252 Å². The van der Waals surface area contributed by atoms with Gasteiger partial charge in [-0.3, -0.25) is 19.4 Å². The fourth-order valence-corrected chi connectivity index (χ4v) is 4.47. The average Bonchev–Trinajstić information content (AvgIpc) is 3.40. The molecule has 0 aliphatic heterocycles. The number of aliphatic hydroxyl groups excluding tert-OH is 1. The number of guanidine groups is 1. The summed E-state index contributed by atoms with van der Waals surface area (Å²) in [6.07, 6.45) is 1.92. The molecule has 1 aromatic heterocycles.